The van der Waals surface area contributed by atoms with Gasteiger partial charge >= 0.3 is 6.64 Å². The largest absolute Gasteiger partial charge is 0.433 e. The van der Waals surface area contributed by atoms with E-state index in [9.17, 15) is 0 Å². The van der Waals surface area contributed by atoms with Gasteiger partial charge in [-0.05, 0) is 68.5 Å². The van der Waals surface area contributed by atoms with E-state index in [2.05, 4.69) is 31.1 Å². The number of ether oxygens (including phenoxy) is 1. The number of hydrogen-bond donors (Lipinski definition) is 1. The van der Waals surface area contributed by atoms with Crippen LogP contribution in [0, 0.1) is 0 Å². The predicted molar refractivity (Wildman–Crippen MR) is 103 cm³/mol. The van der Waals surface area contributed by atoms with Crippen LogP contribution in [-0.4, -0.2) is 18.9 Å². The molecule has 0 bridgehead atoms. The van der Waals surface area contributed by atoms with E-state index in [1.54, 1.807) is 0 Å². The van der Waals surface area contributed by atoms with E-state index in [1.807, 2.05) is 19.1 Å². The van der Waals surface area contributed by atoms with Crippen molar-refractivity contribution in [3.05, 3.63) is 29.8 Å². The van der Waals surface area contributed by atoms with E-state index < -0.39 is 6.64 Å². The van der Waals surface area contributed by atoms with Crippen molar-refractivity contribution in [3.63, 3.8) is 0 Å². The van der Waals surface area contributed by atoms with Crippen molar-refractivity contribution in [2.45, 2.75) is 71.6 Å². The molecule has 0 spiro atoms. The van der Waals surface area contributed by atoms with Gasteiger partial charge in [-0.2, -0.15) is 0 Å². The van der Waals surface area contributed by atoms with Crippen LogP contribution in [0.1, 0.15) is 58.4 Å². The Morgan fingerprint density at radius 2 is 2.12 bits per heavy atom. The molecule has 3 atom stereocenters. The molecular formula is C18H30NO3PS. The molecule has 0 aliphatic carbocycles. The molecule has 1 aliphatic rings. The Bertz CT molecular complexity index is 555. The summed E-state index contributed by atoms with van der Waals surface area (Å²) in [5, 5.41) is 3.36. The summed E-state index contributed by atoms with van der Waals surface area (Å²) in [6.45, 7) is 4.16. The fraction of sp³-hybridized carbons (Fsp3) is 0.667. The Morgan fingerprint density at radius 3 is 2.83 bits per heavy atom. The van der Waals surface area contributed by atoms with E-state index in [4.69, 9.17) is 25.6 Å². The zero-order valence-corrected chi connectivity index (χ0v) is 16.7. The highest BCUT2D eigenvalue weighted by Crippen LogP contribution is 2.46. The Morgan fingerprint density at radius 1 is 1.29 bits per heavy atom. The second-order valence-electron chi connectivity index (χ2n) is 6.12. The van der Waals surface area contributed by atoms with Crippen molar-refractivity contribution < 1.29 is 13.8 Å². The van der Waals surface area contributed by atoms with E-state index in [-0.39, 0.29) is 6.23 Å². The summed E-state index contributed by atoms with van der Waals surface area (Å²) in [5.41, 5.74) is 1.26. The predicted octanol–water partition coefficient (Wildman–Crippen LogP) is 5.17. The smallest absolute Gasteiger partial charge is 0.314 e. The maximum absolute atomic E-state index is 6.11. The summed E-state index contributed by atoms with van der Waals surface area (Å²) >= 11 is 5.72. The first-order valence-electron chi connectivity index (χ1n) is 9.05. The zero-order valence-electron chi connectivity index (χ0n) is 15.0. The van der Waals surface area contributed by atoms with Crippen molar-refractivity contribution in [2.75, 3.05) is 6.61 Å². The molecule has 0 amide bonds. The van der Waals surface area contributed by atoms with Crippen LogP contribution in [0.15, 0.2) is 24.3 Å². The second kappa shape index (κ2) is 9.88. The summed E-state index contributed by atoms with van der Waals surface area (Å²) in [4.78, 5) is 0. The molecule has 1 N–H and O–H groups in total. The average molecular weight is 371 g/mol. The molecule has 1 fully saturated rings. The SMILES string of the molecule is CCCc1cccc(OP(=S)(NC2CCCC(CC)O2)OCC)c1. The van der Waals surface area contributed by atoms with E-state index in [0.29, 0.717) is 12.7 Å². The number of nitrogens with one attached hydrogen (secondary N) is 1. The minimum atomic E-state index is -2.63. The summed E-state index contributed by atoms with van der Waals surface area (Å²) in [7, 11) is 0. The molecule has 0 saturated carbocycles. The summed E-state index contributed by atoms with van der Waals surface area (Å²) < 4.78 is 18.0. The molecule has 0 radical (unpaired) electrons. The van der Waals surface area contributed by atoms with Gasteiger partial charge < -0.3 is 13.8 Å². The van der Waals surface area contributed by atoms with Gasteiger partial charge in [-0.3, -0.25) is 0 Å². The lowest BCUT2D eigenvalue weighted by Gasteiger charge is -2.33. The molecule has 1 heterocycles. The van der Waals surface area contributed by atoms with Crippen LogP contribution in [0.3, 0.4) is 0 Å². The van der Waals surface area contributed by atoms with E-state index in [1.165, 1.54) is 5.56 Å². The molecule has 2 rings (SSSR count). The van der Waals surface area contributed by atoms with Crippen LogP contribution in [0.25, 0.3) is 0 Å². The monoisotopic (exact) mass is 371 g/mol. The van der Waals surface area contributed by atoms with Crippen molar-refractivity contribution >= 4 is 18.4 Å². The summed E-state index contributed by atoms with van der Waals surface area (Å²) in [6, 6.07) is 8.12. The first-order chi connectivity index (χ1) is 11.6. The molecule has 6 heteroatoms. The molecule has 1 aromatic rings. The minimum Gasteiger partial charge on any atom is -0.433 e. The van der Waals surface area contributed by atoms with Crippen LogP contribution in [0.4, 0.5) is 0 Å². The molecule has 1 aromatic carbocycles. The van der Waals surface area contributed by atoms with Gasteiger partial charge in [0.15, 0.2) is 0 Å². The first-order valence-corrected chi connectivity index (χ1v) is 11.7. The lowest BCUT2D eigenvalue weighted by molar-refractivity contribution is -0.0574. The van der Waals surface area contributed by atoms with Gasteiger partial charge in [-0.25, -0.2) is 5.09 Å². The van der Waals surface area contributed by atoms with Gasteiger partial charge in [0.1, 0.15) is 12.0 Å². The number of aryl methyl sites for hydroxylation is 1. The minimum absolute atomic E-state index is 0.0834. The van der Waals surface area contributed by atoms with Crippen LogP contribution in [0.2, 0.25) is 0 Å². The molecule has 136 valence electrons. The molecular weight excluding hydrogens is 341 g/mol. The van der Waals surface area contributed by atoms with Gasteiger partial charge in [0.25, 0.3) is 0 Å². The first kappa shape index (κ1) is 19.9. The Kier molecular flexibility index (Phi) is 8.18. The number of hydrogen-bond acceptors (Lipinski definition) is 4. The fourth-order valence-electron chi connectivity index (χ4n) is 2.92. The van der Waals surface area contributed by atoms with Gasteiger partial charge in [-0.1, -0.05) is 32.4 Å². The quantitative estimate of drug-likeness (QED) is 0.606. The molecule has 3 unspecified atom stereocenters. The van der Waals surface area contributed by atoms with Crippen LogP contribution in [-0.2, 0) is 27.5 Å². The van der Waals surface area contributed by atoms with Gasteiger partial charge in [0, 0.05) is 0 Å². The third-order valence-electron chi connectivity index (χ3n) is 4.07. The number of rotatable bonds is 9. The maximum atomic E-state index is 6.11. The lowest BCUT2D eigenvalue weighted by Crippen LogP contribution is -2.38. The maximum Gasteiger partial charge on any atom is 0.314 e. The van der Waals surface area contributed by atoms with Crippen LogP contribution in [0.5, 0.6) is 5.75 Å². The van der Waals surface area contributed by atoms with Crippen LogP contribution < -0.4 is 9.61 Å². The summed E-state index contributed by atoms with van der Waals surface area (Å²) in [6.07, 6.45) is 6.59. The average Bonchev–Trinajstić information content (AvgIpc) is 2.55. The molecule has 24 heavy (non-hydrogen) atoms. The topological polar surface area (TPSA) is 39.7 Å². The molecule has 1 aliphatic heterocycles. The van der Waals surface area contributed by atoms with Gasteiger partial charge in [0.05, 0.1) is 12.7 Å². The highest BCUT2D eigenvalue weighted by atomic mass is 32.5. The standard InChI is InChI=1S/C18H30NO3PS/c1-4-9-15-10-7-12-17(14-15)22-23(24,20-6-3)19-18-13-8-11-16(5-2)21-18/h7,10,12,14,16,18H,4-6,8-9,11,13H2,1-3H3,(H,19,24). The normalized spacial score (nSPS) is 23.6. The fourth-order valence-corrected chi connectivity index (χ4v) is 5.30. The van der Waals surface area contributed by atoms with Crippen molar-refractivity contribution in [1.82, 2.24) is 5.09 Å². The summed E-state index contributed by atoms with van der Waals surface area (Å²) in [5.74, 6) is 0.771. The third kappa shape index (κ3) is 6.12. The van der Waals surface area contributed by atoms with Crippen molar-refractivity contribution in [3.8, 4) is 5.75 Å². The zero-order chi connectivity index (χ0) is 17.4. The Labute approximate surface area is 151 Å². The highest BCUT2D eigenvalue weighted by Gasteiger charge is 2.29. The lowest BCUT2D eigenvalue weighted by atomic mass is 10.1. The second-order valence-corrected chi connectivity index (χ2v) is 9.25. The van der Waals surface area contributed by atoms with E-state index in [0.717, 1.165) is 44.3 Å². The number of benzene rings is 1. The van der Waals surface area contributed by atoms with Crippen molar-refractivity contribution in [2.24, 2.45) is 0 Å². The van der Waals surface area contributed by atoms with E-state index >= 15 is 0 Å². The molecule has 1 saturated heterocycles. The van der Waals surface area contributed by atoms with Gasteiger partial charge in [0.2, 0.25) is 0 Å². The Balaban J connectivity index is 2.06. The molecule has 4 nitrogen and oxygen atoms in total. The third-order valence-corrected chi connectivity index (χ3v) is 6.58. The van der Waals surface area contributed by atoms with Gasteiger partial charge in [-0.15, -0.1) is 0 Å². The van der Waals surface area contributed by atoms with Crippen molar-refractivity contribution in [1.29, 1.82) is 0 Å². The Hall–Kier alpha value is -0.450. The highest BCUT2D eigenvalue weighted by molar-refractivity contribution is 8.09. The van der Waals surface area contributed by atoms with Crippen LogP contribution >= 0.6 is 6.64 Å². The molecule has 0 aromatic heterocycles.